The van der Waals surface area contributed by atoms with Crippen molar-refractivity contribution in [3.63, 3.8) is 0 Å². The molecule has 13 nitrogen and oxygen atoms in total. The highest BCUT2D eigenvalue weighted by Gasteiger charge is 2.21. The normalized spacial score (nSPS) is 16.2. The second kappa shape index (κ2) is 11.5. The third-order valence-electron chi connectivity index (χ3n) is 7.59. The molecule has 0 unspecified atom stereocenters. The Kier molecular flexibility index (Phi) is 7.51. The van der Waals surface area contributed by atoms with Crippen molar-refractivity contribution in [2.24, 2.45) is 0 Å². The summed E-state index contributed by atoms with van der Waals surface area (Å²) in [6.07, 6.45) is 3.11. The van der Waals surface area contributed by atoms with Gasteiger partial charge in [-0.2, -0.15) is 29.2 Å². The van der Waals surface area contributed by atoms with Gasteiger partial charge < -0.3 is 24.3 Å². The second-order valence-corrected chi connectivity index (χ2v) is 10.4. The Morgan fingerprint density at radius 1 is 0.634 bits per heavy atom. The molecule has 0 spiro atoms. The molecule has 7 rings (SSSR count). The first-order valence-electron chi connectivity index (χ1n) is 13.9. The topological polar surface area (TPSA) is 108 Å². The quantitative estimate of drug-likeness (QED) is 0.324. The molecule has 214 valence electrons. The van der Waals surface area contributed by atoms with Gasteiger partial charge in [0.1, 0.15) is 30.0 Å². The lowest BCUT2D eigenvalue weighted by Gasteiger charge is -2.37. The van der Waals surface area contributed by atoms with E-state index < -0.39 is 0 Å². The number of aryl methyl sites for hydroxylation is 2. The summed E-state index contributed by atoms with van der Waals surface area (Å²) in [5.41, 5.74) is 3.18. The summed E-state index contributed by atoms with van der Waals surface area (Å²) in [6, 6.07) is 12.4. The first kappa shape index (κ1) is 26.7. The van der Waals surface area contributed by atoms with Crippen molar-refractivity contribution in [1.29, 1.82) is 0 Å². The van der Waals surface area contributed by atoms with Crippen LogP contribution in [0.2, 0.25) is 0 Å². The average Bonchev–Trinajstić information content (AvgIpc) is 3.67. The summed E-state index contributed by atoms with van der Waals surface area (Å²) in [6.45, 7) is 12.0. The summed E-state index contributed by atoms with van der Waals surface area (Å²) in [7, 11) is 3.84. The zero-order chi connectivity index (χ0) is 28.3. The number of aromatic nitrogens is 8. The van der Waals surface area contributed by atoms with Gasteiger partial charge in [0.15, 0.2) is 0 Å². The summed E-state index contributed by atoms with van der Waals surface area (Å²) in [5, 5.41) is 8.55. The molecule has 4 aromatic heterocycles. The maximum Gasteiger partial charge on any atom is 0.254 e. The number of methoxy groups -OCH3 is 1. The number of benzene rings is 1. The molecule has 0 bridgehead atoms. The summed E-state index contributed by atoms with van der Waals surface area (Å²) < 4.78 is 8.86. The average molecular weight is 557 g/mol. The number of hydrogen-bond acceptors (Lipinski definition) is 11. The van der Waals surface area contributed by atoms with E-state index in [0.29, 0.717) is 11.6 Å². The van der Waals surface area contributed by atoms with Crippen LogP contribution in [-0.4, -0.2) is 111 Å². The van der Waals surface area contributed by atoms with E-state index in [1.165, 1.54) is 5.69 Å². The predicted molar refractivity (Wildman–Crippen MR) is 158 cm³/mol. The Hall–Kier alpha value is -4.52. The van der Waals surface area contributed by atoms with Gasteiger partial charge in [-0.1, -0.05) is 0 Å². The molecular formula is C28H36N12O. The number of likely N-dealkylation sites (N-methyl/N-ethyl adjacent to an activating group) is 1. The van der Waals surface area contributed by atoms with Crippen molar-refractivity contribution in [2.75, 3.05) is 81.2 Å². The van der Waals surface area contributed by atoms with Crippen LogP contribution in [0.1, 0.15) is 11.4 Å². The highest BCUT2D eigenvalue weighted by atomic mass is 16.5. The van der Waals surface area contributed by atoms with E-state index in [4.69, 9.17) is 4.74 Å². The van der Waals surface area contributed by atoms with Gasteiger partial charge >= 0.3 is 0 Å². The van der Waals surface area contributed by atoms with Gasteiger partial charge in [-0.15, -0.1) is 0 Å². The van der Waals surface area contributed by atoms with Crippen LogP contribution in [0.15, 0.2) is 49.1 Å². The molecule has 0 amide bonds. The van der Waals surface area contributed by atoms with Crippen molar-refractivity contribution in [1.82, 2.24) is 44.1 Å². The van der Waals surface area contributed by atoms with Crippen molar-refractivity contribution in [3.8, 4) is 5.75 Å². The SMILES string of the molecule is COc1ccc(N2CCN(c3cc(C)nc4ncnn34)CC2)cc1.Cc1cc(N2CCN(C)CC2)n2ncnc2n1. The van der Waals surface area contributed by atoms with Crippen LogP contribution in [0.5, 0.6) is 5.75 Å². The van der Waals surface area contributed by atoms with Crippen LogP contribution in [0.3, 0.4) is 0 Å². The number of piperazine rings is 2. The molecule has 13 heteroatoms. The van der Waals surface area contributed by atoms with Crippen molar-refractivity contribution >= 4 is 28.9 Å². The lowest BCUT2D eigenvalue weighted by molar-refractivity contribution is 0.311. The fraction of sp³-hybridized carbons (Fsp3) is 0.429. The van der Waals surface area contributed by atoms with Crippen LogP contribution < -0.4 is 19.4 Å². The van der Waals surface area contributed by atoms with Crippen molar-refractivity contribution in [3.05, 3.63) is 60.4 Å². The minimum absolute atomic E-state index is 0.655. The Bertz CT molecular complexity index is 1600. The molecule has 6 heterocycles. The Balaban J connectivity index is 0.000000156. The molecule has 0 radical (unpaired) electrons. The smallest absolute Gasteiger partial charge is 0.254 e. The minimum Gasteiger partial charge on any atom is -0.497 e. The highest BCUT2D eigenvalue weighted by molar-refractivity contribution is 5.53. The molecule has 1 aromatic carbocycles. The minimum atomic E-state index is 0.655. The molecule has 0 atom stereocenters. The fourth-order valence-electron chi connectivity index (χ4n) is 5.30. The molecule has 0 saturated carbocycles. The van der Waals surface area contributed by atoms with Crippen LogP contribution in [0, 0.1) is 13.8 Å². The van der Waals surface area contributed by atoms with Gasteiger partial charge in [0.05, 0.1) is 7.11 Å². The van der Waals surface area contributed by atoms with E-state index in [0.717, 1.165) is 81.1 Å². The third kappa shape index (κ3) is 5.71. The predicted octanol–water partition coefficient (Wildman–Crippen LogP) is 1.95. The van der Waals surface area contributed by atoms with Gasteiger partial charge in [-0.05, 0) is 45.2 Å². The monoisotopic (exact) mass is 556 g/mol. The maximum absolute atomic E-state index is 5.23. The first-order chi connectivity index (χ1) is 20.0. The maximum atomic E-state index is 5.23. The van der Waals surface area contributed by atoms with E-state index in [-0.39, 0.29) is 0 Å². The molecule has 0 aliphatic carbocycles. The molecule has 0 N–H and O–H groups in total. The summed E-state index contributed by atoms with van der Waals surface area (Å²) in [4.78, 5) is 26.5. The number of hydrogen-bond donors (Lipinski definition) is 0. The van der Waals surface area contributed by atoms with Gasteiger partial charge in [-0.3, -0.25) is 0 Å². The van der Waals surface area contributed by atoms with Gasteiger partial charge in [0.2, 0.25) is 0 Å². The summed E-state index contributed by atoms with van der Waals surface area (Å²) >= 11 is 0. The number of ether oxygens (including phenoxy) is 1. The lowest BCUT2D eigenvalue weighted by Crippen LogP contribution is -2.47. The van der Waals surface area contributed by atoms with E-state index in [1.807, 2.05) is 35.0 Å². The standard InChI is InChI=1S/C17H20N6O.C11H16N6/c1-13-11-16(23-17(20-13)18-12-19-23)22-9-7-21(8-10-22)14-3-5-15(24-2)6-4-14;1-9-7-10(16-5-3-15(2)4-6-16)17-11(14-9)12-8-13-17/h3-6,11-12H,7-10H2,1-2H3;7-8H,3-6H2,1-2H3. The third-order valence-corrected chi connectivity index (χ3v) is 7.59. The molecular weight excluding hydrogens is 520 g/mol. The van der Waals surface area contributed by atoms with Crippen molar-refractivity contribution in [2.45, 2.75) is 13.8 Å². The zero-order valence-corrected chi connectivity index (χ0v) is 24.1. The fourth-order valence-corrected chi connectivity index (χ4v) is 5.30. The molecule has 41 heavy (non-hydrogen) atoms. The largest absolute Gasteiger partial charge is 0.497 e. The molecule has 2 aliphatic rings. The van der Waals surface area contributed by atoms with E-state index in [9.17, 15) is 0 Å². The number of anilines is 3. The Labute approximate surface area is 239 Å². The Morgan fingerprint density at radius 3 is 1.59 bits per heavy atom. The van der Waals surface area contributed by atoms with Gasteiger partial charge in [0, 0.05) is 81.6 Å². The number of nitrogens with zero attached hydrogens (tertiary/aromatic N) is 12. The van der Waals surface area contributed by atoms with Crippen LogP contribution >= 0.6 is 0 Å². The summed E-state index contributed by atoms with van der Waals surface area (Å²) in [5.74, 6) is 4.38. The second-order valence-electron chi connectivity index (χ2n) is 10.4. The number of fused-ring (bicyclic) bond motifs is 2. The highest BCUT2D eigenvalue weighted by Crippen LogP contribution is 2.23. The van der Waals surface area contributed by atoms with E-state index >= 15 is 0 Å². The van der Waals surface area contributed by atoms with Crippen LogP contribution in [0.4, 0.5) is 17.3 Å². The van der Waals surface area contributed by atoms with Crippen LogP contribution in [-0.2, 0) is 0 Å². The molecule has 2 fully saturated rings. The lowest BCUT2D eigenvalue weighted by atomic mass is 10.2. The molecule has 2 saturated heterocycles. The van der Waals surface area contributed by atoms with Crippen molar-refractivity contribution < 1.29 is 4.74 Å². The van der Waals surface area contributed by atoms with E-state index in [1.54, 1.807) is 19.8 Å². The van der Waals surface area contributed by atoms with Gasteiger partial charge in [0.25, 0.3) is 11.6 Å². The molecule has 5 aromatic rings. The van der Waals surface area contributed by atoms with Gasteiger partial charge in [-0.25, -0.2) is 9.97 Å². The Morgan fingerprint density at radius 2 is 1.10 bits per heavy atom. The molecule has 2 aliphatic heterocycles. The number of rotatable bonds is 4. The van der Waals surface area contributed by atoms with E-state index in [2.05, 4.69) is 81.0 Å². The zero-order valence-electron chi connectivity index (χ0n) is 24.1. The van der Waals surface area contributed by atoms with Crippen LogP contribution in [0.25, 0.3) is 11.6 Å². The first-order valence-corrected chi connectivity index (χ1v) is 13.9.